The van der Waals surface area contributed by atoms with Gasteiger partial charge in [0.1, 0.15) is 22.3 Å². The Morgan fingerprint density at radius 1 is 0.286 bits per heavy atom. The largest absolute Gasteiger partial charge is 0.456 e. The Morgan fingerprint density at radius 2 is 0.714 bits per heavy atom. The molecule has 56 heavy (non-hydrogen) atoms. The predicted octanol–water partition coefficient (Wildman–Crippen LogP) is 14.3. The molecule has 262 valence electrons. The maximum Gasteiger partial charge on any atom is 0.160 e. The first-order valence-electron chi connectivity index (χ1n) is 18.8. The van der Waals surface area contributed by atoms with Gasteiger partial charge in [0.2, 0.25) is 0 Å². The van der Waals surface area contributed by atoms with Crippen LogP contribution in [0.3, 0.4) is 0 Å². The van der Waals surface area contributed by atoms with Crippen molar-refractivity contribution in [2.24, 2.45) is 0 Å². The van der Waals surface area contributed by atoms with Gasteiger partial charge in [0.15, 0.2) is 5.82 Å². The number of aromatic nitrogens is 2. The Morgan fingerprint density at radius 3 is 1.27 bits per heavy atom. The topological polar surface area (TPSA) is 52.1 Å². The molecule has 0 atom stereocenters. The predicted molar refractivity (Wildman–Crippen MR) is 229 cm³/mol. The number of rotatable bonds is 6. The second kappa shape index (κ2) is 13.1. The molecule has 0 aliphatic rings. The lowest BCUT2D eigenvalue weighted by molar-refractivity contribution is 0.668. The molecule has 4 nitrogen and oxygen atoms in total. The van der Waals surface area contributed by atoms with E-state index in [1.54, 1.807) is 0 Å². The molecule has 11 aromatic rings. The number of furan rings is 2. The highest BCUT2D eigenvalue weighted by Crippen LogP contribution is 2.39. The smallest absolute Gasteiger partial charge is 0.160 e. The summed E-state index contributed by atoms with van der Waals surface area (Å²) in [5, 5.41) is 4.49. The molecule has 4 heteroatoms. The third-order valence-corrected chi connectivity index (χ3v) is 10.7. The lowest BCUT2D eigenvalue weighted by Gasteiger charge is -2.12. The average Bonchev–Trinajstić information content (AvgIpc) is 3.86. The van der Waals surface area contributed by atoms with Gasteiger partial charge < -0.3 is 8.83 Å². The summed E-state index contributed by atoms with van der Waals surface area (Å²) in [7, 11) is 0. The number of hydrogen-bond donors (Lipinski definition) is 0. The first-order valence-corrected chi connectivity index (χ1v) is 18.8. The summed E-state index contributed by atoms with van der Waals surface area (Å²) in [4.78, 5) is 10.4. The van der Waals surface area contributed by atoms with Crippen molar-refractivity contribution in [3.8, 4) is 67.3 Å². The molecule has 8 aromatic carbocycles. The molecule has 0 radical (unpaired) electrons. The molecule has 0 fully saturated rings. The Kier molecular flexibility index (Phi) is 7.46. The third-order valence-electron chi connectivity index (χ3n) is 10.7. The van der Waals surface area contributed by atoms with E-state index in [9.17, 15) is 0 Å². The highest BCUT2D eigenvalue weighted by atomic mass is 16.3. The average molecular weight is 717 g/mol. The van der Waals surface area contributed by atoms with Gasteiger partial charge in [-0.15, -0.1) is 0 Å². The van der Waals surface area contributed by atoms with Crippen molar-refractivity contribution in [3.63, 3.8) is 0 Å². The summed E-state index contributed by atoms with van der Waals surface area (Å²) in [6, 6.07) is 67.3. The van der Waals surface area contributed by atoms with Crippen LogP contribution in [0.4, 0.5) is 0 Å². The van der Waals surface area contributed by atoms with Crippen LogP contribution in [0, 0.1) is 0 Å². The van der Waals surface area contributed by atoms with Gasteiger partial charge in [-0.1, -0.05) is 158 Å². The Hall–Kier alpha value is -7.56. The maximum absolute atomic E-state index is 6.20. The molecule has 0 saturated carbocycles. The molecule has 0 N–H and O–H groups in total. The first-order chi connectivity index (χ1) is 27.7. The summed E-state index contributed by atoms with van der Waals surface area (Å²) in [5.74, 6) is 0.674. The molecule has 0 unspecified atom stereocenters. The molecule has 3 aromatic heterocycles. The minimum Gasteiger partial charge on any atom is -0.456 e. The molecule has 0 amide bonds. The molecule has 0 spiro atoms. The van der Waals surface area contributed by atoms with Crippen molar-refractivity contribution < 1.29 is 8.83 Å². The fourth-order valence-corrected chi connectivity index (χ4v) is 8.01. The fourth-order valence-electron chi connectivity index (χ4n) is 8.01. The van der Waals surface area contributed by atoms with Gasteiger partial charge in [0.25, 0.3) is 0 Å². The highest BCUT2D eigenvalue weighted by Gasteiger charge is 2.16. The van der Waals surface area contributed by atoms with Crippen molar-refractivity contribution >= 4 is 43.9 Å². The van der Waals surface area contributed by atoms with E-state index in [1.165, 1.54) is 0 Å². The zero-order chi connectivity index (χ0) is 37.0. The van der Waals surface area contributed by atoms with Crippen LogP contribution >= 0.6 is 0 Å². The van der Waals surface area contributed by atoms with Crippen LogP contribution in [0.2, 0.25) is 0 Å². The van der Waals surface area contributed by atoms with Crippen LogP contribution < -0.4 is 0 Å². The van der Waals surface area contributed by atoms with Crippen LogP contribution in [-0.2, 0) is 0 Å². The molecular weight excluding hydrogens is 685 g/mol. The van der Waals surface area contributed by atoms with Gasteiger partial charge in [-0.25, -0.2) is 9.97 Å². The highest BCUT2D eigenvalue weighted by molar-refractivity contribution is 6.13. The Balaban J connectivity index is 1.02. The number of nitrogens with zero attached hydrogens (tertiary/aromatic N) is 2. The SMILES string of the molecule is c1ccc(-c2cccc(-c3nc(-c4ccc(-c5cccc6oc7ccccc7c56)cc4)cc(-c4ccc(-c5cccc6oc7ccccc7c56)cc4)n3)c2)cc1. The quantitative estimate of drug-likeness (QED) is 0.172. The van der Waals surface area contributed by atoms with Crippen LogP contribution in [0.25, 0.3) is 111 Å². The van der Waals surface area contributed by atoms with Crippen LogP contribution in [0.1, 0.15) is 0 Å². The summed E-state index contributed by atoms with van der Waals surface area (Å²) in [6.07, 6.45) is 0. The number of para-hydroxylation sites is 2. The van der Waals surface area contributed by atoms with E-state index in [1.807, 2.05) is 42.5 Å². The van der Waals surface area contributed by atoms with Gasteiger partial charge in [-0.2, -0.15) is 0 Å². The molecule has 0 bridgehead atoms. The number of benzene rings is 8. The van der Waals surface area contributed by atoms with Crippen molar-refractivity contribution in [1.82, 2.24) is 9.97 Å². The first kappa shape index (κ1) is 31.9. The third kappa shape index (κ3) is 5.47. The van der Waals surface area contributed by atoms with E-state index in [2.05, 4.69) is 152 Å². The minimum absolute atomic E-state index is 0.674. The van der Waals surface area contributed by atoms with E-state index in [-0.39, 0.29) is 0 Å². The van der Waals surface area contributed by atoms with E-state index >= 15 is 0 Å². The van der Waals surface area contributed by atoms with Crippen LogP contribution in [0.15, 0.2) is 203 Å². The van der Waals surface area contributed by atoms with E-state index in [0.717, 1.165) is 105 Å². The summed E-state index contributed by atoms with van der Waals surface area (Å²) in [6.45, 7) is 0. The van der Waals surface area contributed by atoms with Crippen LogP contribution in [0.5, 0.6) is 0 Å². The summed E-state index contributed by atoms with van der Waals surface area (Å²) in [5.41, 5.74) is 15.0. The van der Waals surface area contributed by atoms with Crippen molar-refractivity contribution in [2.45, 2.75) is 0 Å². The standard InChI is InChI=1S/C52H32N2O2/c1-2-11-33(12-3-1)38-13-8-14-39(31-38)52-53-44(36-27-23-34(24-28-36)40-17-9-21-48-50(40)42-15-4-6-19-46(42)55-48)32-45(54-52)37-29-25-35(26-30-37)41-18-10-22-49-51(41)43-16-5-7-20-47(43)56-49/h1-32H. The van der Waals surface area contributed by atoms with Gasteiger partial charge in [0.05, 0.1) is 11.4 Å². The molecule has 0 aliphatic carbocycles. The van der Waals surface area contributed by atoms with E-state index in [4.69, 9.17) is 18.8 Å². The Labute approximate surface area is 323 Å². The zero-order valence-electron chi connectivity index (χ0n) is 30.2. The summed E-state index contributed by atoms with van der Waals surface area (Å²) < 4.78 is 12.4. The minimum atomic E-state index is 0.674. The van der Waals surface area contributed by atoms with Crippen LogP contribution in [-0.4, -0.2) is 9.97 Å². The maximum atomic E-state index is 6.20. The van der Waals surface area contributed by atoms with Crippen molar-refractivity contribution in [3.05, 3.63) is 194 Å². The number of hydrogen-bond acceptors (Lipinski definition) is 4. The zero-order valence-corrected chi connectivity index (χ0v) is 30.2. The molecular formula is C52H32N2O2. The molecule has 0 saturated heterocycles. The monoisotopic (exact) mass is 716 g/mol. The van der Waals surface area contributed by atoms with Gasteiger partial charge >= 0.3 is 0 Å². The van der Waals surface area contributed by atoms with Crippen molar-refractivity contribution in [1.29, 1.82) is 0 Å². The van der Waals surface area contributed by atoms with Crippen molar-refractivity contribution in [2.75, 3.05) is 0 Å². The molecule has 3 heterocycles. The lowest BCUT2D eigenvalue weighted by Crippen LogP contribution is -1.96. The summed E-state index contributed by atoms with van der Waals surface area (Å²) >= 11 is 0. The van der Waals surface area contributed by atoms with Gasteiger partial charge in [-0.05, 0) is 69.8 Å². The van der Waals surface area contributed by atoms with E-state index < -0.39 is 0 Å². The fraction of sp³-hybridized carbons (Fsp3) is 0. The lowest BCUT2D eigenvalue weighted by atomic mass is 9.97. The normalized spacial score (nSPS) is 11.6. The second-order valence-electron chi connectivity index (χ2n) is 14.1. The molecule has 0 aliphatic heterocycles. The van der Waals surface area contributed by atoms with E-state index in [0.29, 0.717) is 5.82 Å². The number of fused-ring (bicyclic) bond motifs is 6. The molecule has 11 rings (SSSR count). The van der Waals surface area contributed by atoms with Gasteiger partial charge in [0, 0.05) is 38.2 Å². The van der Waals surface area contributed by atoms with Gasteiger partial charge in [-0.3, -0.25) is 0 Å². The second-order valence-corrected chi connectivity index (χ2v) is 14.1. The Bertz CT molecular complexity index is 3050.